The average Bonchev–Trinajstić information content (AvgIpc) is 2.17. The second-order valence-corrected chi connectivity index (χ2v) is 2.44. The number of hydrogen-bond donors (Lipinski definition) is 2. The van der Waals surface area contributed by atoms with Crippen molar-refractivity contribution in [2.24, 2.45) is 0 Å². The van der Waals surface area contributed by atoms with E-state index in [1.165, 1.54) is 6.08 Å². The molecule has 0 bridgehead atoms. The molecular formula is C10H11NO2. The summed E-state index contributed by atoms with van der Waals surface area (Å²) in [5.74, 6) is -0.300. The Kier molecular flexibility index (Phi) is 3.73. The minimum Gasteiger partial charge on any atom is -0.376 e. The number of carbonyl (C=O) groups is 1. The molecule has 68 valence electrons. The van der Waals surface area contributed by atoms with Gasteiger partial charge in [-0.3, -0.25) is 4.79 Å². The van der Waals surface area contributed by atoms with Gasteiger partial charge in [0.1, 0.15) is 6.73 Å². The van der Waals surface area contributed by atoms with Gasteiger partial charge in [0.15, 0.2) is 0 Å². The van der Waals surface area contributed by atoms with Crippen molar-refractivity contribution in [3.63, 3.8) is 0 Å². The average molecular weight is 177 g/mol. The lowest BCUT2D eigenvalue weighted by molar-refractivity contribution is -0.117. The lowest BCUT2D eigenvalue weighted by atomic mass is 10.2. The van der Waals surface area contributed by atoms with E-state index in [0.29, 0.717) is 0 Å². The number of aliphatic hydroxyl groups is 1. The van der Waals surface area contributed by atoms with Crippen LogP contribution in [0.4, 0.5) is 0 Å². The topological polar surface area (TPSA) is 49.3 Å². The van der Waals surface area contributed by atoms with Crippen LogP contribution >= 0.6 is 0 Å². The Morgan fingerprint density at radius 2 is 2.08 bits per heavy atom. The first-order chi connectivity index (χ1) is 6.33. The molecular weight excluding hydrogens is 166 g/mol. The van der Waals surface area contributed by atoms with Crippen molar-refractivity contribution in [2.75, 3.05) is 6.73 Å². The van der Waals surface area contributed by atoms with Gasteiger partial charge in [-0.25, -0.2) is 0 Å². The van der Waals surface area contributed by atoms with E-state index in [9.17, 15) is 4.79 Å². The van der Waals surface area contributed by atoms with Crippen molar-refractivity contribution >= 4 is 12.0 Å². The van der Waals surface area contributed by atoms with Crippen molar-refractivity contribution < 1.29 is 9.90 Å². The van der Waals surface area contributed by atoms with Crippen molar-refractivity contribution in [2.45, 2.75) is 0 Å². The molecule has 2 N–H and O–H groups in total. The summed E-state index contributed by atoms with van der Waals surface area (Å²) in [6.45, 7) is -0.335. The van der Waals surface area contributed by atoms with E-state index in [0.717, 1.165) is 5.56 Å². The van der Waals surface area contributed by atoms with E-state index in [1.807, 2.05) is 30.3 Å². The van der Waals surface area contributed by atoms with E-state index < -0.39 is 0 Å². The van der Waals surface area contributed by atoms with Crippen LogP contribution in [0.2, 0.25) is 0 Å². The van der Waals surface area contributed by atoms with Crippen molar-refractivity contribution in [3.8, 4) is 0 Å². The van der Waals surface area contributed by atoms with Gasteiger partial charge >= 0.3 is 0 Å². The predicted octanol–water partition coefficient (Wildman–Crippen LogP) is 0.766. The minimum absolute atomic E-state index is 0.300. The first-order valence-corrected chi connectivity index (χ1v) is 3.95. The second kappa shape index (κ2) is 5.11. The Bertz CT molecular complexity index is 293. The predicted molar refractivity (Wildman–Crippen MR) is 50.7 cm³/mol. The van der Waals surface area contributed by atoms with Crippen molar-refractivity contribution in [3.05, 3.63) is 42.0 Å². The molecule has 0 unspecified atom stereocenters. The molecule has 1 amide bonds. The minimum atomic E-state index is -0.335. The smallest absolute Gasteiger partial charge is 0.245 e. The number of hydrogen-bond acceptors (Lipinski definition) is 2. The second-order valence-electron chi connectivity index (χ2n) is 2.44. The molecule has 0 spiro atoms. The Morgan fingerprint density at radius 3 is 2.69 bits per heavy atom. The van der Waals surface area contributed by atoms with Gasteiger partial charge in [-0.05, 0) is 11.6 Å². The zero-order chi connectivity index (χ0) is 9.52. The van der Waals surface area contributed by atoms with Gasteiger partial charge in [0.25, 0.3) is 0 Å². The van der Waals surface area contributed by atoms with Gasteiger partial charge in [-0.1, -0.05) is 30.3 Å². The number of aliphatic hydroxyl groups excluding tert-OH is 1. The van der Waals surface area contributed by atoms with Crippen LogP contribution < -0.4 is 5.32 Å². The highest BCUT2D eigenvalue weighted by atomic mass is 16.3. The fourth-order valence-corrected chi connectivity index (χ4v) is 0.873. The number of nitrogens with one attached hydrogen (secondary N) is 1. The third-order valence-corrected chi connectivity index (χ3v) is 1.48. The van der Waals surface area contributed by atoms with Gasteiger partial charge in [-0.2, -0.15) is 0 Å². The van der Waals surface area contributed by atoms with Gasteiger partial charge < -0.3 is 10.4 Å². The van der Waals surface area contributed by atoms with Crippen molar-refractivity contribution in [1.82, 2.24) is 5.32 Å². The molecule has 1 rings (SSSR count). The number of rotatable bonds is 3. The Hall–Kier alpha value is -1.61. The highest BCUT2D eigenvalue weighted by Crippen LogP contribution is 1.99. The van der Waals surface area contributed by atoms with Gasteiger partial charge in [0.05, 0.1) is 0 Å². The summed E-state index contributed by atoms with van der Waals surface area (Å²) >= 11 is 0. The highest BCUT2D eigenvalue weighted by molar-refractivity contribution is 5.91. The van der Waals surface area contributed by atoms with E-state index in [2.05, 4.69) is 5.32 Å². The quantitative estimate of drug-likeness (QED) is 0.529. The molecule has 0 heterocycles. The first kappa shape index (κ1) is 9.48. The molecule has 0 saturated carbocycles. The van der Waals surface area contributed by atoms with Crippen LogP contribution in [0.1, 0.15) is 5.56 Å². The molecule has 0 atom stereocenters. The number of carbonyl (C=O) groups excluding carboxylic acids is 1. The Balaban J connectivity index is 2.54. The first-order valence-electron chi connectivity index (χ1n) is 3.95. The van der Waals surface area contributed by atoms with Crippen molar-refractivity contribution in [1.29, 1.82) is 0 Å². The molecule has 1 aromatic carbocycles. The highest BCUT2D eigenvalue weighted by Gasteiger charge is 1.90. The van der Waals surface area contributed by atoms with Crippen LogP contribution in [0.3, 0.4) is 0 Å². The molecule has 0 aliphatic carbocycles. The molecule has 3 heteroatoms. The molecule has 0 aromatic heterocycles. The third kappa shape index (κ3) is 3.53. The van der Waals surface area contributed by atoms with Gasteiger partial charge in [-0.15, -0.1) is 0 Å². The van der Waals surface area contributed by atoms with E-state index >= 15 is 0 Å². The summed E-state index contributed by atoms with van der Waals surface area (Å²) in [5.41, 5.74) is 0.954. The molecule has 0 saturated heterocycles. The number of amides is 1. The van der Waals surface area contributed by atoms with E-state index in [-0.39, 0.29) is 12.6 Å². The van der Waals surface area contributed by atoms with Crippen LogP contribution in [0.25, 0.3) is 6.08 Å². The lowest BCUT2D eigenvalue weighted by Gasteiger charge is -1.94. The molecule has 0 fully saturated rings. The van der Waals surface area contributed by atoms with E-state index in [4.69, 9.17) is 5.11 Å². The monoisotopic (exact) mass is 177 g/mol. The molecule has 0 aliphatic rings. The van der Waals surface area contributed by atoms with Gasteiger partial charge in [0, 0.05) is 6.08 Å². The normalized spacial score (nSPS) is 10.2. The lowest BCUT2D eigenvalue weighted by Crippen LogP contribution is -2.21. The maximum Gasteiger partial charge on any atom is 0.245 e. The summed E-state index contributed by atoms with van der Waals surface area (Å²) in [5, 5.41) is 10.6. The number of benzene rings is 1. The summed E-state index contributed by atoms with van der Waals surface area (Å²) in [7, 11) is 0. The Morgan fingerprint density at radius 1 is 1.38 bits per heavy atom. The molecule has 3 nitrogen and oxygen atoms in total. The molecule has 13 heavy (non-hydrogen) atoms. The van der Waals surface area contributed by atoms with Crippen LogP contribution in [-0.2, 0) is 4.79 Å². The standard InChI is InChI=1S/C10H11NO2/c12-8-11-10(13)7-6-9-4-2-1-3-5-9/h1-7,12H,8H2,(H,11,13). The maximum absolute atomic E-state index is 10.9. The molecule has 1 aromatic rings. The zero-order valence-corrected chi connectivity index (χ0v) is 7.10. The molecule has 0 aliphatic heterocycles. The summed E-state index contributed by atoms with van der Waals surface area (Å²) in [6.07, 6.45) is 3.07. The van der Waals surface area contributed by atoms with E-state index in [1.54, 1.807) is 6.08 Å². The van der Waals surface area contributed by atoms with Gasteiger partial charge in [0.2, 0.25) is 5.91 Å². The fraction of sp³-hybridized carbons (Fsp3) is 0.100. The Labute approximate surface area is 76.7 Å². The third-order valence-electron chi connectivity index (χ3n) is 1.48. The van der Waals surface area contributed by atoms with Crippen LogP contribution in [0, 0.1) is 0 Å². The largest absolute Gasteiger partial charge is 0.376 e. The van der Waals surface area contributed by atoms with Crippen LogP contribution in [0.5, 0.6) is 0 Å². The summed E-state index contributed by atoms with van der Waals surface area (Å²) in [6, 6.07) is 9.48. The van der Waals surface area contributed by atoms with Crippen LogP contribution in [-0.4, -0.2) is 17.7 Å². The summed E-state index contributed by atoms with van der Waals surface area (Å²) < 4.78 is 0. The van der Waals surface area contributed by atoms with Crippen LogP contribution in [0.15, 0.2) is 36.4 Å². The SMILES string of the molecule is O=C(C=Cc1ccccc1)NCO. The fourth-order valence-electron chi connectivity index (χ4n) is 0.873. The summed E-state index contributed by atoms with van der Waals surface area (Å²) in [4.78, 5) is 10.9. The maximum atomic E-state index is 10.9. The molecule has 0 radical (unpaired) electrons. The zero-order valence-electron chi connectivity index (χ0n) is 7.10.